The van der Waals surface area contributed by atoms with Crippen molar-refractivity contribution in [2.24, 2.45) is 5.92 Å². The monoisotopic (exact) mass is 285 g/mol. The summed E-state index contributed by atoms with van der Waals surface area (Å²) in [6.07, 6.45) is 1.20. The minimum Gasteiger partial charge on any atom is -0.378 e. The van der Waals surface area contributed by atoms with Crippen LogP contribution in [0, 0.1) is 5.92 Å². The molecule has 1 rings (SSSR count). The van der Waals surface area contributed by atoms with Crippen molar-refractivity contribution in [3.63, 3.8) is 0 Å². The standard InChI is InChI=1S/C14H27N3OS/c1-6-11(3)9-17(4)14-16-12(10-18-5)13(19-14)8-15-7-2/h11,15H,6-10H2,1-5H3. The molecule has 110 valence electrons. The summed E-state index contributed by atoms with van der Waals surface area (Å²) in [7, 11) is 3.84. The Balaban J connectivity index is 2.77. The molecule has 0 amide bonds. The fraction of sp³-hybridized carbons (Fsp3) is 0.786. The highest BCUT2D eigenvalue weighted by atomic mass is 32.1. The van der Waals surface area contributed by atoms with Crippen LogP contribution < -0.4 is 10.2 Å². The topological polar surface area (TPSA) is 37.4 Å². The van der Waals surface area contributed by atoms with Crippen LogP contribution in [0.15, 0.2) is 0 Å². The third-order valence-corrected chi connectivity index (χ3v) is 4.40. The zero-order valence-corrected chi connectivity index (χ0v) is 13.6. The molecule has 0 saturated carbocycles. The molecular weight excluding hydrogens is 258 g/mol. The quantitative estimate of drug-likeness (QED) is 0.757. The van der Waals surface area contributed by atoms with Crippen molar-refractivity contribution in [3.8, 4) is 0 Å². The van der Waals surface area contributed by atoms with Crippen LogP contribution in [0.4, 0.5) is 5.13 Å². The molecule has 0 aliphatic heterocycles. The lowest BCUT2D eigenvalue weighted by Gasteiger charge is -2.19. The largest absolute Gasteiger partial charge is 0.378 e. The van der Waals surface area contributed by atoms with Gasteiger partial charge in [0.05, 0.1) is 12.3 Å². The van der Waals surface area contributed by atoms with E-state index >= 15 is 0 Å². The summed E-state index contributed by atoms with van der Waals surface area (Å²) in [4.78, 5) is 8.26. The van der Waals surface area contributed by atoms with Crippen molar-refractivity contribution in [1.82, 2.24) is 10.3 Å². The Kier molecular flexibility index (Phi) is 7.34. The molecule has 0 fully saturated rings. The van der Waals surface area contributed by atoms with Crippen molar-refractivity contribution in [1.29, 1.82) is 0 Å². The first-order valence-corrected chi connectivity index (χ1v) is 7.83. The lowest BCUT2D eigenvalue weighted by molar-refractivity contribution is 0.181. The maximum absolute atomic E-state index is 5.24. The minimum absolute atomic E-state index is 0.592. The molecular formula is C14H27N3OS. The molecule has 5 heteroatoms. The first-order valence-electron chi connectivity index (χ1n) is 7.01. The first-order chi connectivity index (χ1) is 9.12. The van der Waals surface area contributed by atoms with E-state index < -0.39 is 0 Å². The number of rotatable bonds is 9. The van der Waals surface area contributed by atoms with E-state index in [1.807, 2.05) is 0 Å². The van der Waals surface area contributed by atoms with Crippen LogP contribution in [-0.2, 0) is 17.9 Å². The molecule has 0 saturated heterocycles. The fourth-order valence-electron chi connectivity index (χ4n) is 1.83. The lowest BCUT2D eigenvalue weighted by atomic mass is 10.1. The van der Waals surface area contributed by atoms with E-state index in [0.29, 0.717) is 12.5 Å². The predicted molar refractivity (Wildman–Crippen MR) is 82.9 cm³/mol. The summed E-state index contributed by atoms with van der Waals surface area (Å²) < 4.78 is 5.24. The summed E-state index contributed by atoms with van der Waals surface area (Å²) in [6.45, 7) is 10.1. The third kappa shape index (κ3) is 5.09. The smallest absolute Gasteiger partial charge is 0.185 e. The average molecular weight is 285 g/mol. The van der Waals surface area contributed by atoms with Gasteiger partial charge in [-0.2, -0.15) is 0 Å². The van der Waals surface area contributed by atoms with Gasteiger partial charge in [0.15, 0.2) is 5.13 Å². The second-order valence-corrected chi connectivity index (χ2v) is 6.04. The number of thiazole rings is 1. The van der Waals surface area contributed by atoms with Crippen LogP contribution in [0.5, 0.6) is 0 Å². The number of hydrogen-bond donors (Lipinski definition) is 1. The highest BCUT2D eigenvalue weighted by Gasteiger charge is 2.14. The summed E-state index contributed by atoms with van der Waals surface area (Å²) in [6, 6.07) is 0. The molecule has 1 aromatic rings. The molecule has 0 aliphatic rings. The van der Waals surface area contributed by atoms with Crippen LogP contribution in [0.1, 0.15) is 37.8 Å². The SMILES string of the molecule is CCNCc1sc(N(C)CC(C)CC)nc1COC. The summed E-state index contributed by atoms with van der Waals surface area (Å²) >= 11 is 1.77. The lowest BCUT2D eigenvalue weighted by Crippen LogP contribution is -2.23. The summed E-state index contributed by atoms with van der Waals surface area (Å²) in [5.74, 6) is 0.692. The number of anilines is 1. The van der Waals surface area contributed by atoms with Crippen LogP contribution in [0.3, 0.4) is 0 Å². The van der Waals surface area contributed by atoms with Gasteiger partial charge in [0.1, 0.15) is 0 Å². The molecule has 19 heavy (non-hydrogen) atoms. The number of ether oxygens (including phenoxy) is 1. The zero-order chi connectivity index (χ0) is 14.3. The van der Waals surface area contributed by atoms with Crippen LogP contribution in [-0.4, -0.2) is 32.2 Å². The van der Waals surface area contributed by atoms with E-state index in [1.165, 1.54) is 11.3 Å². The summed E-state index contributed by atoms with van der Waals surface area (Å²) in [5, 5.41) is 4.46. The van der Waals surface area contributed by atoms with Gasteiger partial charge in [0.2, 0.25) is 0 Å². The van der Waals surface area contributed by atoms with Crippen molar-refractivity contribution < 1.29 is 4.74 Å². The number of hydrogen-bond acceptors (Lipinski definition) is 5. The Morgan fingerprint density at radius 3 is 2.74 bits per heavy atom. The normalized spacial score (nSPS) is 12.7. The molecule has 1 unspecified atom stereocenters. The van der Waals surface area contributed by atoms with Crippen molar-refractivity contribution in [3.05, 3.63) is 10.6 Å². The van der Waals surface area contributed by atoms with Crippen LogP contribution in [0.25, 0.3) is 0 Å². The Hall–Kier alpha value is -0.650. The van der Waals surface area contributed by atoms with Gasteiger partial charge in [0.25, 0.3) is 0 Å². The number of methoxy groups -OCH3 is 1. The van der Waals surface area contributed by atoms with E-state index in [2.05, 4.69) is 38.0 Å². The Labute approximate surface area is 121 Å². The van der Waals surface area contributed by atoms with Gasteiger partial charge in [-0.1, -0.05) is 27.2 Å². The first kappa shape index (κ1) is 16.4. The van der Waals surface area contributed by atoms with E-state index in [-0.39, 0.29) is 0 Å². The number of aromatic nitrogens is 1. The molecule has 0 aromatic carbocycles. The zero-order valence-electron chi connectivity index (χ0n) is 12.8. The Morgan fingerprint density at radius 1 is 1.42 bits per heavy atom. The van der Waals surface area contributed by atoms with Gasteiger partial charge in [-0.3, -0.25) is 0 Å². The molecule has 0 bridgehead atoms. The van der Waals surface area contributed by atoms with E-state index in [9.17, 15) is 0 Å². The maximum Gasteiger partial charge on any atom is 0.185 e. The van der Waals surface area contributed by atoms with Gasteiger partial charge >= 0.3 is 0 Å². The second kappa shape index (κ2) is 8.51. The average Bonchev–Trinajstić information content (AvgIpc) is 2.80. The molecule has 0 spiro atoms. The van der Waals surface area contributed by atoms with E-state index in [0.717, 1.165) is 30.5 Å². The summed E-state index contributed by atoms with van der Waals surface area (Å²) in [5.41, 5.74) is 1.07. The predicted octanol–water partition coefficient (Wildman–Crippen LogP) is 2.88. The van der Waals surface area contributed by atoms with Crippen molar-refractivity contribution in [2.45, 2.75) is 40.3 Å². The van der Waals surface area contributed by atoms with Gasteiger partial charge in [-0.05, 0) is 12.5 Å². The second-order valence-electron chi connectivity index (χ2n) is 4.97. The van der Waals surface area contributed by atoms with Crippen LogP contribution >= 0.6 is 11.3 Å². The third-order valence-electron chi connectivity index (χ3n) is 3.19. The van der Waals surface area contributed by atoms with E-state index in [1.54, 1.807) is 18.4 Å². The number of nitrogens with zero attached hydrogens (tertiary/aromatic N) is 2. The van der Waals surface area contributed by atoms with Crippen molar-refractivity contribution >= 4 is 16.5 Å². The fourth-order valence-corrected chi connectivity index (χ4v) is 2.84. The highest BCUT2D eigenvalue weighted by Crippen LogP contribution is 2.27. The molecule has 1 aromatic heterocycles. The molecule has 1 N–H and O–H groups in total. The van der Waals surface area contributed by atoms with E-state index in [4.69, 9.17) is 9.72 Å². The number of nitrogens with one attached hydrogen (secondary N) is 1. The van der Waals surface area contributed by atoms with Crippen molar-refractivity contribution in [2.75, 3.05) is 32.1 Å². The Bertz CT molecular complexity index is 368. The molecule has 4 nitrogen and oxygen atoms in total. The minimum atomic E-state index is 0.592. The maximum atomic E-state index is 5.24. The van der Waals surface area contributed by atoms with Gasteiger partial charge in [-0.25, -0.2) is 4.98 Å². The highest BCUT2D eigenvalue weighted by molar-refractivity contribution is 7.15. The Morgan fingerprint density at radius 2 is 2.16 bits per heavy atom. The molecule has 1 atom stereocenters. The molecule has 1 heterocycles. The van der Waals surface area contributed by atoms with Crippen LogP contribution in [0.2, 0.25) is 0 Å². The van der Waals surface area contributed by atoms with Gasteiger partial charge < -0.3 is 15.0 Å². The van der Waals surface area contributed by atoms with Gasteiger partial charge in [0, 0.05) is 32.1 Å². The molecule has 0 aliphatic carbocycles. The molecule has 0 radical (unpaired) electrons. The van der Waals surface area contributed by atoms with Gasteiger partial charge in [-0.15, -0.1) is 11.3 Å².